The molecule has 0 spiro atoms. The Labute approximate surface area is 140 Å². The van der Waals surface area contributed by atoms with Gasteiger partial charge in [0.25, 0.3) is 0 Å². The Morgan fingerprint density at radius 1 is 1.27 bits per heavy atom. The van der Waals surface area contributed by atoms with Gasteiger partial charge in [0.1, 0.15) is 19.2 Å². The molecular formula is C17H30ClNO3. The lowest BCUT2D eigenvalue weighted by Gasteiger charge is -2.40. The van der Waals surface area contributed by atoms with Gasteiger partial charge in [0, 0.05) is 5.41 Å². The normalized spacial score (nSPS) is 38.4. The van der Waals surface area contributed by atoms with Crippen molar-refractivity contribution in [3.05, 3.63) is 0 Å². The number of quaternary nitrogens is 1. The fourth-order valence-electron chi connectivity index (χ4n) is 4.76. The Morgan fingerprint density at radius 3 is 2.41 bits per heavy atom. The van der Waals surface area contributed by atoms with Crippen LogP contribution in [0.25, 0.3) is 0 Å². The minimum atomic E-state index is -0.0195. The van der Waals surface area contributed by atoms with Crippen LogP contribution in [0.5, 0.6) is 0 Å². The first-order valence-electron chi connectivity index (χ1n) is 8.38. The number of hydrogen-bond donors (Lipinski definition) is 0. The van der Waals surface area contributed by atoms with Crippen LogP contribution in [0.15, 0.2) is 0 Å². The number of likely N-dealkylation sites (N-methyl/N-ethyl adjacent to an activating group) is 1. The van der Waals surface area contributed by atoms with Gasteiger partial charge in [0.2, 0.25) is 0 Å². The highest BCUT2D eigenvalue weighted by atomic mass is 35.5. The molecule has 1 heterocycles. The summed E-state index contributed by atoms with van der Waals surface area (Å²) in [5.74, 6) is 0.697. The Hall–Kier alpha value is -0.320. The number of halogens is 1. The van der Waals surface area contributed by atoms with Crippen LogP contribution in [0, 0.1) is 16.7 Å². The average Bonchev–Trinajstić information content (AvgIpc) is 2.72. The Balaban J connectivity index is 0.00000176. The molecule has 0 aromatic carbocycles. The molecule has 0 aromatic heterocycles. The molecule has 4 nitrogen and oxygen atoms in total. The van der Waals surface area contributed by atoms with E-state index < -0.39 is 0 Å². The van der Waals surface area contributed by atoms with E-state index in [1.807, 2.05) is 0 Å². The summed E-state index contributed by atoms with van der Waals surface area (Å²) in [6.07, 6.45) is 3.67. The second-order valence-electron chi connectivity index (χ2n) is 8.43. The molecule has 5 heteroatoms. The molecule has 3 rings (SSSR count). The monoisotopic (exact) mass is 331 g/mol. The summed E-state index contributed by atoms with van der Waals surface area (Å²) >= 11 is 0. The van der Waals surface area contributed by atoms with E-state index >= 15 is 0 Å². The standard InChI is InChI=1S/C17H30NO3.ClH/c1-16(2)13-5-6-17(16,3)14(11-13)21-15(19)12-18(4)7-9-20-10-8-18;/h13-14H,5-12H2,1-4H3;1H/q+1;/p-1. The lowest BCUT2D eigenvalue weighted by molar-refractivity contribution is -0.910. The zero-order chi connectivity index (χ0) is 15.3. The van der Waals surface area contributed by atoms with Crippen LogP contribution < -0.4 is 12.4 Å². The number of esters is 1. The number of morpholine rings is 1. The molecule has 1 aliphatic heterocycles. The average molecular weight is 332 g/mol. The number of nitrogens with zero attached hydrogens (tertiary/aromatic N) is 1. The molecule has 2 aliphatic carbocycles. The van der Waals surface area contributed by atoms with E-state index in [9.17, 15) is 4.79 Å². The van der Waals surface area contributed by atoms with Gasteiger partial charge < -0.3 is 26.4 Å². The van der Waals surface area contributed by atoms with Crippen LogP contribution in [-0.4, -0.2) is 56.5 Å². The number of rotatable bonds is 3. The predicted octanol–water partition coefficient (Wildman–Crippen LogP) is -0.775. The molecule has 1 saturated heterocycles. The molecule has 22 heavy (non-hydrogen) atoms. The quantitative estimate of drug-likeness (QED) is 0.503. The van der Waals surface area contributed by atoms with Crippen LogP contribution in [0.4, 0.5) is 0 Å². The van der Waals surface area contributed by atoms with Gasteiger partial charge in [-0.25, -0.2) is 4.79 Å². The molecule has 0 N–H and O–H groups in total. The molecule has 3 fully saturated rings. The van der Waals surface area contributed by atoms with Crippen molar-refractivity contribution >= 4 is 5.97 Å². The molecule has 2 bridgehead atoms. The molecule has 0 aromatic rings. The van der Waals surface area contributed by atoms with Crippen molar-refractivity contribution in [2.45, 2.75) is 46.1 Å². The number of ether oxygens (including phenoxy) is 2. The highest BCUT2D eigenvalue weighted by Gasteiger charge is 2.63. The van der Waals surface area contributed by atoms with Crippen molar-refractivity contribution in [1.82, 2.24) is 0 Å². The first-order chi connectivity index (χ1) is 9.77. The summed E-state index contributed by atoms with van der Waals surface area (Å²) in [7, 11) is 2.14. The maximum absolute atomic E-state index is 12.4. The van der Waals surface area contributed by atoms with Gasteiger partial charge >= 0.3 is 5.97 Å². The fraction of sp³-hybridized carbons (Fsp3) is 0.941. The molecule has 128 valence electrons. The van der Waals surface area contributed by atoms with E-state index in [1.165, 1.54) is 12.8 Å². The highest BCUT2D eigenvalue weighted by molar-refractivity contribution is 5.71. The fourth-order valence-corrected chi connectivity index (χ4v) is 4.76. The number of fused-ring (bicyclic) bond motifs is 2. The van der Waals surface area contributed by atoms with Crippen molar-refractivity contribution in [3.8, 4) is 0 Å². The Bertz CT molecular complexity index is 434. The minimum Gasteiger partial charge on any atom is -1.00 e. The minimum absolute atomic E-state index is 0. The number of carbonyl (C=O) groups is 1. The topological polar surface area (TPSA) is 35.5 Å². The maximum atomic E-state index is 12.4. The van der Waals surface area contributed by atoms with Crippen LogP contribution in [-0.2, 0) is 14.3 Å². The van der Waals surface area contributed by atoms with Crippen LogP contribution in [0.3, 0.4) is 0 Å². The summed E-state index contributed by atoms with van der Waals surface area (Å²) in [5, 5.41) is 0. The second-order valence-corrected chi connectivity index (χ2v) is 8.43. The molecule has 0 radical (unpaired) electrons. The smallest absolute Gasteiger partial charge is 0.362 e. The van der Waals surface area contributed by atoms with E-state index in [1.54, 1.807) is 0 Å². The summed E-state index contributed by atoms with van der Waals surface area (Å²) < 4.78 is 12.1. The molecule has 3 aliphatic rings. The molecule has 3 atom stereocenters. The summed E-state index contributed by atoms with van der Waals surface area (Å²) in [6, 6.07) is 0. The van der Waals surface area contributed by atoms with Crippen LogP contribution in [0.1, 0.15) is 40.0 Å². The summed E-state index contributed by atoms with van der Waals surface area (Å²) in [5.41, 5.74) is 0.465. The Morgan fingerprint density at radius 2 is 1.91 bits per heavy atom. The van der Waals surface area contributed by atoms with E-state index in [2.05, 4.69) is 27.8 Å². The van der Waals surface area contributed by atoms with Crippen molar-refractivity contribution in [2.24, 2.45) is 16.7 Å². The van der Waals surface area contributed by atoms with Gasteiger partial charge in [-0.15, -0.1) is 0 Å². The molecule has 0 amide bonds. The van der Waals surface area contributed by atoms with E-state index in [0.29, 0.717) is 17.9 Å². The first kappa shape index (κ1) is 18.0. The third-order valence-electron chi connectivity index (χ3n) is 7.05. The van der Waals surface area contributed by atoms with Crippen molar-refractivity contribution in [2.75, 3.05) is 39.9 Å². The predicted molar refractivity (Wildman–Crippen MR) is 80.7 cm³/mol. The third kappa shape index (κ3) is 2.78. The van der Waals surface area contributed by atoms with Gasteiger partial charge in [-0.05, 0) is 30.6 Å². The van der Waals surface area contributed by atoms with Gasteiger partial charge in [-0.3, -0.25) is 0 Å². The van der Waals surface area contributed by atoms with Gasteiger partial charge in [-0.1, -0.05) is 20.8 Å². The number of hydrogen-bond acceptors (Lipinski definition) is 3. The van der Waals surface area contributed by atoms with E-state index in [-0.39, 0.29) is 29.9 Å². The van der Waals surface area contributed by atoms with Crippen molar-refractivity contribution < 1.29 is 31.2 Å². The summed E-state index contributed by atoms with van der Waals surface area (Å²) in [6.45, 7) is 10.8. The van der Waals surface area contributed by atoms with Gasteiger partial charge in [0.05, 0.1) is 20.3 Å². The van der Waals surface area contributed by atoms with Crippen LogP contribution in [0.2, 0.25) is 0 Å². The molecular weight excluding hydrogens is 302 g/mol. The lowest BCUT2D eigenvalue weighted by Crippen LogP contribution is -3.00. The molecule has 3 unspecified atom stereocenters. The van der Waals surface area contributed by atoms with E-state index in [4.69, 9.17) is 9.47 Å². The van der Waals surface area contributed by atoms with Gasteiger partial charge in [0.15, 0.2) is 6.54 Å². The molecule has 2 saturated carbocycles. The van der Waals surface area contributed by atoms with E-state index in [0.717, 1.165) is 37.2 Å². The van der Waals surface area contributed by atoms with Crippen molar-refractivity contribution in [3.63, 3.8) is 0 Å². The number of carbonyl (C=O) groups excluding carboxylic acids is 1. The first-order valence-corrected chi connectivity index (χ1v) is 8.38. The highest BCUT2D eigenvalue weighted by Crippen LogP contribution is 2.66. The largest absolute Gasteiger partial charge is 1.00 e. The van der Waals surface area contributed by atoms with Crippen molar-refractivity contribution in [1.29, 1.82) is 0 Å². The maximum Gasteiger partial charge on any atom is 0.362 e. The third-order valence-corrected chi connectivity index (χ3v) is 7.05. The van der Waals surface area contributed by atoms with Crippen LogP contribution >= 0.6 is 0 Å². The second kappa shape index (κ2) is 5.95. The zero-order valence-electron chi connectivity index (χ0n) is 14.4. The Kier molecular flexibility index (Phi) is 4.88. The zero-order valence-corrected chi connectivity index (χ0v) is 15.1. The lowest BCUT2D eigenvalue weighted by atomic mass is 9.70. The summed E-state index contributed by atoms with van der Waals surface area (Å²) in [4.78, 5) is 12.4. The van der Waals surface area contributed by atoms with Gasteiger partial charge in [-0.2, -0.15) is 0 Å². The SMILES string of the molecule is CC1(C)C2CCC1(C)C(OC(=O)C[N+]1(C)CCOCC1)C2.[Cl-].